The molecule has 1 fully saturated rings. The molecule has 1 amide bonds. The highest BCUT2D eigenvalue weighted by Gasteiger charge is 2.29. The van der Waals surface area contributed by atoms with Gasteiger partial charge in [-0.15, -0.1) is 0 Å². The molecule has 1 saturated heterocycles. The van der Waals surface area contributed by atoms with Crippen molar-refractivity contribution in [2.75, 3.05) is 6.61 Å². The van der Waals surface area contributed by atoms with Gasteiger partial charge in [0.1, 0.15) is 0 Å². The summed E-state index contributed by atoms with van der Waals surface area (Å²) in [5, 5.41) is 0.832. The average molecular weight is 358 g/mol. The van der Waals surface area contributed by atoms with E-state index in [0.29, 0.717) is 15.6 Å². The number of hydrogen-bond acceptors (Lipinski definition) is 3. The molecule has 0 radical (unpaired) electrons. The number of piperidine rings is 1. The lowest BCUT2D eigenvalue weighted by Gasteiger charge is -2.38. The van der Waals surface area contributed by atoms with E-state index in [9.17, 15) is 9.59 Å². The first kappa shape index (κ1) is 18.1. The highest BCUT2D eigenvalue weighted by Crippen LogP contribution is 2.25. The van der Waals surface area contributed by atoms with E-state index in [-0.39, 0.29) is 31.0 Å². The Bertz CT molecular complexity index is 561. The standard InChI is InChI=1S/C17H21Cl2NO3/c1-11-5-3-6-12(2)20(11)16(21)10-23-17(22)9-13-14(18)7-4-8-15(13)19/h4,7-8,11-12H,3,5-6,9-10H2,1-2H3. The van der Waals surface area contributed by atoms with Gasteiger partial charge in [-0.05, 0) is 45.2 Å². The van der Waals surface area contributed by atoms with Crippen LogP contribution >= 0.6 is 23.2 Å². The lowest BCUT2D eigenvalue weighted by atomic mass is 9.97. The monoisotopic (exact) mass is 357 g/mol. The third kappa shape index (κ3) is 4.61. The topological polar surface area (TPSA) is 46.6 Å². The lowest BCUT2D eigenvalue weighted by Crippen LogP contribution is -2.49. The Morgan fingerprint density at radius 3 is 2.30 bits per heavy atom. The van der Waals surface area contributed by atoms with Gasteiger partial charge in [-0.2, -0.15) is 0 Å². The number of halogens is 2. The van der Waals surface area contributed by atoms with Gasteiger partial charge >= 0.3 is 5.97 Å². The van der Waals surface area contributed by atoms with Crippen molar-refractivity contribution in [1.29, 1.82) is 0 Å². The molecular weight excluding hydrogens is 337 g/mol. The van der Waals surface area contributed by atoms with E-state index in [1.54, 1.807) is 18.2 Å². The van der Waals surface area contributed by atoms with E-state index >= 15 is 0 Å². The number of rotatable bonds is 4. The average Bonchev–Trinajstić information content (AvgIpc) is 2.49. The Labute approximate surface area is 146 Å². The molecule has 6 heteroatoms. The van der Waals surface area contributed by atoms with Gasteiger partial charge in [0.05, 0.1) is 6.42 Å². The molecule has 0 bridgehead atoms. The van der Waals surface area contributed by atoms with Gasteiger partial charge in [0.2, 0.25) is 0 Å². The summed E-state index contributed by atoms with van der Waals surface area (Å²) < 4.78 is 5.12. The minimum atomic E-state index is -0.509. The number of amides is 1. The Morgan fingerprint density at radius 2 is 1.74 bits per heavy atom. The SMILES string of the molecule is CC1CCCC(C)N1C(=O)COC(=O)Cc1c(Cl)cccc1Cl. The molecule has 2 rings (SSSR count). The second-order valence-corrected chi connectivity index (χ2v) is 6.78. The van der Waals surface area contributed by atoms with Crippen LogP contribution in [0.2, 0.25) is 10.0 Å². The van der Waals surface area contributed by atoms with Crippen LogP contribution in [0.5, 0.6) is 0 Å². The van der Waals surface area contributed by atoms with Gasteiger partial charge in [-0.3, -0.25) is 9.59 Å². The maximum atomic E-state index is 12.3. The van der Waals surface area contributed by atoms with Crippen molar-refractivity contribution in [3.05, 3.63) is 33.8 Å². The highest BCUT2D eigenvalue weighted by molar-refractivity contribution is 6.36. The minimum absolute atomic E-state index is 0.0447. The van der Waals surface area contributed by atoms with Crippen LogP contribution in [0.3, 0.4) is 0 Å². The van der Waals surface area contributed by atoms with Crippen molar-refractivity contribution in [2.45, 2.75) is 51.6 Å². The Morgan fingerprint density at radius 1 is 1.17 bits per heavy atom. The Balaban J connectivity index is 1.90. The maximum absolute atomic E-state index is 12.3. The van der Waals surface area contributed by atoms with E-state index in [0.717, 1.165) is 19.3 Å². The second kappa shape index (κ2) is 8.02. The normalized spacial score (nSPS) is 21.1. The van der Waals surface area contributed by atoms with Crippen molar-refractivity contribution in [1.82, 2.24) is 4.90 Å². The van der Waals surface area contributed by atoms with Crippen LogP contribution in [0.1, 0.15) is 38.7 Å². The van der Waals surface area contributed by atoms with E-state index in [1.165, 1.54) is 0 Å². The van der Waals surface area contributed by atoms with Gasteiger partial charge in [0.15, 0.2) is 6.61 Å². The first-order valence-electron chi connectivity index (χ1n) is 7.79. The smallest absolute Gasteiger partial charge is 0.310 e. The fraction of sp³-hybridized carbons (Fsp3) is 0.529. The van der Waals surface area contributed by atoms with Crippen molar-refractivity contribution < 1.29 is 14.3 Å². The van der Waals surface area contributed by atoms with Gasteiger partial charge in [0, 0.05) is 27.7 Å². The van der Waals surface area contributed by atoms with Crippen LogP contribution in [0, 0.1) is 0 Å². The predicted molar refractivity (Wildman–Crippen MR) is 90.7 cm³/mol. The Kier molecular flexibility index (Phi) is 6.31. The van der Waals surface area contributed by atoms with Gasteiger partial charge < -0.3 is 9.64 Å². The maximum Gasteiger partial charge on any atom is 0.310 e. The van der Waals surface area contributed by atoms with Crippen molar-refractivity contribution >= 4 is 35.1 Å². The van der Waals surface area contributed by atoms with Crippen LogP contribution in [0.4, 0.5) is 0 Å². The van der Waals surface area contributed by atoms with Gasteiger partial charge in [-0.25, -0.2) is 0 Å². The molecule has 23 heavy (non-hydrogen) atoms. The molecule has 1 aromatic rings. The van der Waals surface area contributed by atoms with E-state index in [2.05, 4.69) is 0 Å². The number of ether oxygens (including phenoxy) is 1. The molecular formula is C17H21Cl2NO3. The number of likely N-dealkylation sites (tertiary alicyclic amines) is 1. The van der Waals surface area contributed by atoms with Crippen molar-refractivity contribution in [2.24, 2.45) is 0 Å². The molecule has 0 spiro atoms. The molecule has 1 aliphatic heterocycles. The van der Waals surface area contributed by atoms with Crippen LogP contribution < -0.4 is 0 Å². The summed E-state index contributed by atoms with van der Waals surface area (Å²) in [6, 6.07) is 5.41. The Hall–Kier alpha value is -1.26. The first-order chi connectivity index (χ1) is 10.9. The fourth-order valence-electron chi connectivity index (χ4n) is 3.03. The summed E-state index contributed by atoms with van der Waals surface area (Å²) in [6.07, 6.45) is 3.05. The quantitative estimate of drug-likeness (QED) is 0.768. The first-order valence-corrected chi connectivity index (χ1v) is 8.55. The molecule has 0 aromatic heterocycles. The van der Waals surface area contributed by atoms with E-state index in [1.807, 2.05) is 18.7 Å². The number of hydrogen-bond donors (Lipinski definition) is 0. The zero-order chi connectivity index (χ0) is 17.0. The minimum Gasteiger partial charge on any atom is -0.455 e. The molecule has 1 aliphatic rings. The summed E-state index contributed by atoms with van der Waals surface area (Å²) in [7, 11) is 0. The zero-order valence-electron chi connectivity index (χ0n) is 13.4. The third-order valence-corrected chi connectivity index (χ3v) is 4.93. The molecule has 2 atom stereocenters. The van der Waals surface area contributed by atoms with Crippen LogP contribution in [-0.4, -0.2) is 35.5 Å². The van der Waals surface area contributed by atoms with Crippen molar-refractivity contribution in [3.63, 3.8) is 0 Å². The molecule has 2 unspecified atom stereocenters. The number of carbonyl (C=O) groups excluding carboxylic acids is 2. The second-order valence-electron chi connectivity index (χ2n) is 5.97. The molecule has 1 aromatic carbocycles. The largest absolute Gasteiger partial charge is 0.455 e. The van der Waals surface area contributed by atoms with Crippen LogP contribution in [0.15, 0.2) is 18.2 Å². The summed E-state index contributed by atoms with van der Waals surface area (Å²) in [5.41, 5.74) is 0.521. The van der Waals surface area contributed by atoms with Gasteiger partial charge in [0.25, 0.3) is 5.91 Å². The van der Waals surface area contributed by atoms with Crippen molar-refractivity contribution in [3.8, 4) is 0 Å². The highest BCUT2D eigenvalue weighted by atomic mass is 35.5. The van der Waals surface area contributed by atoms with Crippen LogP contribution in [0.25, 0.3) is 0 Å². The molecule has 0 N–H and O–H groups in total. The number of carbonyl (C=O) groups is 2. The summed E-state index contributed by atoms with van der Waals surface area (Å²) in [4.78, 5) is 26.1. The van der Waals surface area contributed by atoms with Crippen LogP contribution in [-0.2, 0) is 20.7 Å². The molecule has 1 heterocycles. The van der Waals surface area contributed by atoms with Gasteiger partial charge in [-0.1, -0.05) is 29.3 Å². The lowest BCUT2D eigenvalue weighted by molar-refractivity contribution is -0.154. The number of benzene rings is 1. The zero-order valence-corrected chi connectivity index (χ0v) is 14.9. The van der Waals surface area contributed by atoms with E-state index in [4.69, 9.17) is 27.9 Å². The predicted octanol–water partition coefficient (Wildman–Crippen LogP) is 3.87. The molecule has 0 saturated carbocycles. The van der Waals surface area contributed by atoms with E-state index < -0.39 is 5.97 Å². The fourth-order valence-corrected chi connectivity index (χ4v) is 3.56. The molecule has 4 nitrogen and oxygen atoms in total. The number of nitrogens with zero attached hydrogens (tertiary/aromatic N) is 1. The number of esters is 1. The summed E-state index contributed by atoms with van der Waals surface area (Å²) in [5.74, 6) is -0.658. The third-order valence-electron chi connectivity index (χ3n) is 4.22. The summed E-state index contributed by atoms with van der Waals surface area (Å²) >= 11 is 12.1. The summed E-state index contributed by atoms with van der Waals surface area (Å²) in [6.45, 7) is 3.81. The molecule has 0 aliphatic carbocycles. The molecule has 126 valence electrons.